The van der Waals surface area contributed by atoms with E-state index in [-0.39, 0.29) is 11.1 Å². The highest BCUT2D eigenvalue weighted by Crippen LogP contribution is 2.52. The van der Waals surface area contributed by atoms with Crippen LogP contribution in [0.5, 0.6) is 0 Å². The van der Waals surface area contributed by atoms with Crippen LogP contribution in [-0.2, 0) is 6.42 Å². The number of fused-ring (bicyclic) bond motifs is 2. The molecule has 3 heterocycles. The van der Waals surface area contributed by atoms with E-state index in [1.54, 1.807) is 30.3 Å². The standard InChI is InChI=1S/C25H21F6N3O2/c26-24(27,28)23(11-17-12-32-21-9-5-4-8-20(17)21)15-34(25(29,30)31)14-19(35)10-18(34)13-33(23)22(36)16-6-2-1-3-7-16/h1-9,12,14,18,32H,10-11,13,15H2/p+1/t18-,23+,34?/m0/s1. The van der Waals surface area contributed by atoms with Crippen LogP contribution in [0.4, 0.5) is 26.3 Å². The van der Waals surface area contributed by atoms with Crippen LogP contribution in [0.25, 0.3) is 10.9 Å². The van der Waals surface area contributed by atoms with Gasteiger partial charge in [0, 0.05) is 29.1 Å². The van der Waals surface area contributed by atoms with Gasteiger partial charge in [-0.25, -0.2) is 0 Å². The summed E-state index contributed by atoms with van der Waals surface area (Å²) < 4.78 is 87.0. The van der Waals surface area contributed by atoms with Crippen LogP contribution in [0, 0.1) is 0 Å². The van der Waals surface area contributed by atoms with E-state index in [4.69, 9.17) is 0 Å². The third-order valence-electron chi connectivity index (χ3n) is 7.33. The number of benzene rings is 2. The highest BCUT2D eigenvalue weighted by atomic mass is 19.4. The van der Waals surface area contributed by atoms with Gasteiger partial charge in [0.2, 0.25) is 0 Å². The zero-order valence-electron chi connectivity index (χ0n) is 18.8. The van der Waals surface area contributed by atoms with Crippen LogP contribution in [0.2, 0.25) is 0 Å². The first kappa shape index (κ1) is 24.2. The van der Waals surface area contributed by atoms with Crippen molar-refractivity contribution in [3.05, 3.63) is 83.9 Å². The summed E-state index contributed by atoms with van der Waals surface area (Å²) in [6, 6.07) is 12.2. The maximum Gasteiger partial charge on any atom is 0.566 e. The van der Waals surface area contributed by atoms with Crippen LogP contribution in [0.1, 0.15) is 22.3 Å². The molecule has 2 N–H and O–H groups in total. The highest BCUT2D eigenvalue weighted by Gasteiger charge is 2.75. The van der Waals surface area contributed by atoms with Crippen LogP contribution in [-0.4, -0.2) is 62.5 Å². The van der Waals surface area contributed by atoms with Crippen molar-refractivity contribution in [3.63, 3.8) is 0 Å². The molecule has 0 radical (unpaired) electrons. The molecule has 5 nitrogen and oxygen atoms in total. The molecule has 2 aromatic carbocycles. The molecule has 2 aliphatic heterocycles. The molecule has 1 saturated heterocycles. The lowest BCUT2D eigenvalue weighted by atomic mass is 9.82. The van der Waals surface area contributed by atoms with E-state index in [1.165, 1.54) is 30.5 Å². The van der Waals surface area contributed by atoms with E-state index in [1.807, 2.05) is 0 Å². The van der Waals surface area contributed by atoms with Crippen molar-refractivity contribution in [2.45, 2.75) is 36.9 Å². The number of H-pyrrole nitrogens is 1. The average Bonchev–Trinajstić information content (AvgIpc) is 3.38. The summed E-state index contributed by atoms with van der Waals surface area (Å²) in [6.45, 7) is -2.34. The fourth-order valence-corrected chi connectivity index (χ4v) is 5.59. The van der Waals surface area contributed by atoms with Crippen molar-refractivity contribution in [1.82, 2.24) is 9.88 Å². The molecular formula is C25H22F6N3O2+. The third-order valence-corrected chi connectivity index (χ3v) is 7.33. The molecule has 0 aliphatic carbocycles. The Labute approximate surface area is 201 Å². The van der Waals surface area contributed by atoms with Crippen molar-refractivity contribution < 1.29 is 40.7 Å². The molecule has 190 valence electrons. The molecule has 0 bridgehead atoms. The summed E-state index contributed by atoms with van der Waals surface area (Å²) in [4.78, 5) is 16.9. The number of piperazine rings is 1. The molecule has 11 heteroatoms. The van der Waals surface area contributed by atoms with Crippen molar-refractivity contribution >= 4 is 16.8 Å². The molecule has 1 aromatic heterocycles. The number of rotatable bonds is 3. The number of aliphatic hydroxyl groups excluding tert-OH is 1. The van der Waals surface area contributed by atoms with Crippen LogP contribution in [0.3, 0.4) is 0 Å². The maximum absolute atomic E-state index is 15.2. The number of alkyl halides is 6. The second kappa shape index (κ2) is 8.02. The fourth-order valence-electron chi connectivity index (χ4n) is 5.59. The summed E-state index contributed by atoms with van der Waals surface area (Å²) in [5, 5.41) is 10.5. The van der Waals surface area contributed by atoms with Gasteiger partial charge in [-0.1, -0.05) is 36.4 Å². The number of quaternary nitrogens is 1. The maximum atomic E-state index is 15.2. The Kier molecular flexibility index (Phi) is 5.40. The van der Waals surface area contributed by atoms with E-state index < -0.39 is 66.1 Å². The Morgan fingerprint density at radius 3 is 2.39 bits per heavy atom. The number of carbonyl (C=O) groups excluding carboxylic acids is 1. The largest absolute Gasteiger partial charge is 0.566 e. The molecule has 1 fully saturated rings. The number of hydrogen-bond donors (Lipinski definition) is 2. The number of nitrogens with zero attached hydrogens (tertiary/aromatic N) is 2. The summed E-state index contributed by atoms with van der Waals surface area (Å²) in [5.74, 6) is -1.66. The Bertz CT molecular complexity index is 1330. The van der Waals surface area contributed by atoms with Gasteiger partial charge >= 0.3 is 12.5 Å². The first-order chi connectivity index (χ1) is 16.9. The Morgan fingerprint density at radius 2 is 1.72 bits per heavy atom. The van der Waals surface area contributed by atoms with E-state index in [0.29, 0.717) is 22.0 Å². The number of carbonyl (C=O) groups is 1. The highest BCUT2D eigenvalue weighted by molar-refractivity contribution is 5.95. The van der Waals surface area contributed by atoms with Crippen LogP contribution >= 0.6 is 0 Å². The number of nitrogens with one attached hydrogen (secondary N) is 1. The van der Waals surface area contributed by atoms with Crippen molar-refractivity contribution in [3.8, 4) is 0 Å². The second-order valence-electron chi connectivity index (χ2n) is 9.38. The molecule has 3 atom stereocenters. The van der Waals surface area contributed by atoms with Gasteiger partial charge in [0.1, 0.15) is 18.8 Å². The minimum atomic E-state index is -5.23. The van der Waals surface area contributed by atoms with Gasteiger partial charge < -0.3 is 15.0 Å². The number of aromatic amines is 1. The van der Waals surface area contributed by atoms with Crippen LogP contribution in [0.15, 0.2) is 72.8 Å². The number of aliphatic hydroxyl groups is 1. The quantitative estimate of drug-likeness (QED) is 0.271. The molecule has 1 amide bonds. The summed E-state index contributed by atoms with van der Waals surface area (Å²) in [7, 11) is 0. The zero-order valence-corrected chi connectivity index (χ0v) is 18.8. The van der Waals surface area contributed by atoms with E-state index in [2.05, 4.69) is 4.98 Å². The Balaban J connectivity index is 1.73. The predicted octanol–water partition coefficient (Wildman–Crippen LogP) is 5.68. The van der Waals surface area contributed by atoms with E-state index in [9.17, 15) is 23.1 Å². The van der Waals surface area contributed by atoms with Crippen molar-refractivity contribution in [2.24, 2.45) is 0 Å². The first-order valence-electron chi connectivity index (χ1n) is 11.2. The lowest BCUT2D eigenvalue weighted by Crippen LogP contribution is -2.79. The second-order valence-corrected chi connectivity index (χ2v) is 9.38. The molecule has 2 aliphatic rings. The monoisotopic (exact) mass is 510 g/mol. The van der Waals surface area contributed by atoms with E-state index in [0.717, 1.165) is 0 Å². The lowest BCUT2D eigenvalue weighted by molar-refractivity contribution is -1.01. The molecule has 0 saturated carbocycles. The molecule has 5 rings (SSSR count). The number of halogens is 6. The molecular weight excluding hydrogens is 488 g/mol. The van der Waals surface area contributed by atoms with Gasteiger partial charge in [-0.3, -0.25) is 4.79 Å². The zero-order chi connectivity index (χ0) is 25.9. The lowest BCUT2D eigenvalue weighted by Gasteiger charge is -2.55. The predicted molar refractivity (Wildman–Crippen MR) is 119 cm³/mol. The van der Waals surface area contributed by atoms with Crippen molar-refractivity contribution in [2.75, 3.05) is 13.1 Å². The molecule has 3 aromatic rings. The Hall–Kier alpha value is -3.47. The van der Waals surface area contributed by atoms with Gasteiger partial charge in [-0.05, 0) is 23.8 Å². The number of hydrogen-bond acceptors (Lipinski definition) is 2. The average molecular weight is 510 g/mol. The van der Waals surface area contributed by atoms with E-state index >= 15 is 13.2 Å². The van der Waals surface area contributed by atoms with Gasteiger partial charge in [-0.15, -0.1) is 13.2 Å². The summed E-state index contributed by atoms with van der Waals surface area (Å²) >= 11 is 0. The van der Waals surface area contributed by atoms with Crippen molar-refractivity contribution in [1.29, 1.82) is 0 Å². The van der Waals surface area contributed by atoms with Crippen LogP contribution < -0.4 is 0 Å². The minimum absolute atomic E-state index is 0.0627. The topological polar surface area (TPSA) is 56.3 Å². The molecule has 0 spiro atoms. The normalized spacial score (nSPS) is 26.7. The Morgan fingerprint density at radius 1 is 1.06 bits per heavy atom. The summed E-state index contributed by atoms with van der Waals surface area (Å²) in [6.07, 6.45) is -9.94. The fraction of sp³-hybridized carbons (Fsp3) is 0.320. The SMILES string of the molecule is O=C(c1ccccc1)N1C[C@@H]2CC(O)=C[N+]2(C(F)(F)F)C[C@]1(Cc1c[nH]c2ccccc12)C(F)(F)F. The third kappa shape index (κ3) is 3.56. The first-order valence-corrected chi connectivity index (χ1v) is 11.2. The van der Waals surface area contributed by atoms with Gasteiger partial charge in [0.05, 0.1) is 13.0 Å². The minimum Gasteiger partial charge on any atom is -0.507 e. The van der Waals surface area contributed by atoms with Gasteiger partial charge in [0.15, 0.2) is 11.3 Å². The van der Waals surface area contributed by atoms with Gasteiger partial charge in [-0.2, -0.15) is 17.7 Å². The summed E-state index contributed by atoms with van der Waals surface area (Å²) in [5.41, 5.74) is -2.61. The molecule has 1 unspecified atom stereocenters. The smallest absolute Gasteiger partial charge is 0.507 e. The number of aromatic nitrogens is 1. The number of para-hydroxylation sites is 1. The number of amides is 1. The van der Waals surface area contributed by atoms with Gasteiger partial charge in [0.25, 0.3) is 5.91 Å². The molecule has 36 heavy (non-hydrogen) atoms.